The average Bonchev–Trinajstić information content (AvgIpc) is 2.73. The van der Waals surface area contributed by atoms with E-state index in [0.29, 0.717) is 6.42 Å². The van der Waals surface area contributed by atoms with Crippen molar-refractivity contribution in [1.82, 2.24) is 5.32 Å². The lowest BCUT2D eigenvalue weighted by atomic mass is 9.86. The molecule has 1 amide bonds. The van der Waals surface area contributed by atoms with Gasteiger partial charge in [0.2, 0.25) is 5.91 Å². The van der Waals surface area contributed by atoms with Crippen LogP contribution >= 0.6 is 0 Å². The Balaban J connectivity index is 2.18. The van der Waals surface area contributed by atoms with Crippen molar-refractivity contribution in [1.29, 1.82) is 0 Å². The second-order valence-electron chi connectivity index (χ2n) is 7.27. The van der Waals surface area contributed by atoms with E-state index in [-0.39, 0.29) is 24.2 Å². The Hall–Kier alpha value is -1.68. The molecule has 1 aromatic carbocycles. The van der Waals surface area contributed by atoms with Crippen molar-refractivity contribution >= 4 is 11.7 Å². The molecule has 0 heterocycles. The topological polar surface area (TPSA) is 66.4 Å². The third-order valence-electron chi connectivity index (χ3n) is 5.12. The molecule has 0 saturated heterocycles. The Bertz CT molecular complexity index is 615. The van der Waals surface area contributed by atoms with Gasteiger partial charge in [-0.15, -0.1) is 0 Å². The van der Waals surface area contributed by atoms with Crippen molar-refractivity contribution in [2.24, 2.45) is 5.92 Å². The van der Waals surface area contributed by atoms with E-state index in [9.17, 15) is 14.7 Å². The summed E-state index contributed by atoms with van der Waals surface area (Å²) in [5.74, 6) is -1.01. The summed E-state index contributed by atoms with van der Waals surface area (Å²) >= 11 is 0. The van der Waals surface area contributed by atoms with Crippen LogP contribution < -0.4 is 5.32 Å². The molecule has 4 unspecified atom stereocenters. The lowest BCUT2D eigenvalue weighted by molar-refractivity contribution is -0.128. The lowest BCUT2D eigenvalue weighted by Crippen LogP contribution is -2.34. The standard InChI is InChI=1S/C20H29NO3/c1-6-14(5)21-17(23)10-15-9-16(22)19(20(15)24)18-12(3)7-11(2)8-13(18)4/h7-8,14-16,19,22H,6,9-10H2,1-5H3,(H,21,23). The molecule has 4 atom stereocenters. The molecule has 24 heavy (non-hydrogen) atoms. The number of nitrogens with one attached hydrogen (secondary N) is 1. The first-order valence-corrected chi connectivity index (χ1v) is 8.83. The van der Waals surface area contributed by atoms with Crippen molar-refractivity contribution in [3.8, 4) is 0 Å². The molecule has 1 fully saturated rings. The molecule has 4 heteroatoms. The molecule has 0 radical (unpaired) electrons. The molecule has 1 aromatic rings. The molecule has 0 aromatic heterocycles. The van der Waals surface area contributed by atoms with Gasteiger partial charge in [0, 0.05) is 18.4 Å². The van der Waals surface area contributed by atoms with E-state index in [0.717, 1.165) is 28.7 Å². The van der Waals surface area contributed by atoms with Crippen molar-refractivity contribution < 1.29 is 14.7 Å². The molecular weight excluding hydrogens is 302 g/mol. The highest BCUT2D eigenvalue weighted by atomic mass is 16.3. The third-order valence-corrected chi connectivity index (χ3v) is 5.12. The summed E-state index contributed by atoms with van der Waals surface area (Å²) < 4.78 is 0. The SMILES string of the molecule is CCC(C)NC(=O)CC1CC(O)C(c2c(C)cc(C)cc2C)C1=O. The van der Waals surface area contributed by atoms with E-state index >= 15 is 0 Å². The third kappa shape index (κ3) is 3.86. The second kappa shape index (κ2) is 7.47. The zero-order chi connectivity index (χ0) is 18.0. The van der Waals surface area contributed by atoms with Crippen LogP contribution in [-0.4, -0.2) is 28.9 Å². The first-order chi connectivity index (χ1) is 11.2. The van der Waals surface area contributed by atoms with E-state index in [1.165, 1.54) is 0 Å². The minimum Gasteiger partial charge on any atom is -0.392 e. The quantitative estimate of drug-likeness (QED) is 0.872. The number of aliphatic hydroxyl groups excluding tert-OH is 1. The number of Topliss-reactive ketones (excluding diaryl/α,β-unsaturated/α-hetero) is 1. The van der Waals surface area contributed by atoms with Gasteiger partial charge in [-0.3, -0.25) is 9.59 Å². The van der Waals surface area contributed by atoms with Gasteiger partial charge in [0.1, 0.15) is 5.78 Å². The number of aryl methyl sites for hydroxylation is 3. The first-order valence-electron chi connectivity index (χ1n) is 8.83. The summed E-state index contributed by atoms with van der Waals surface area (Å²) in [6, 6.07) is 4.20. The van der Waals surface area contributed by atoms with Crippen molar-refractivity contribution in [3.05, 3.63) is 34.4 Å². The lowest BCUT2D eigenvalue weighted by Gasteiger charge is -2.20. The Morgan fingerprint density at radius 1 is 1.29 bits per heavy atom. The Morgan fingerprint density at radius 2 is 1.88 bits per heavy atom. The zero-order valence-corrected chi connectivity index (χ0v) is 15.3. The van der Waals surface area contributed by atoms with Crippen LogP contribution in [0.15, 0.2) is 12.1 Å². The fraction of sp³-hybridized carbons (Fsp3) is 0.600. The summed E-state index contributed by atoms with van der Waals surface area (Å²) in [7, 11) is 0. The monoisotopic (exact) mass is 331 g/mol. The zero-order valence-electron chi connectivity index (χ0n) is 15.3. The smallest absolute Gasteiger partial charge is 0.220 e. The first kappa shape index (κ1) is 18.7. The molecule has 132 valence electrons. The van der Waals surface area contributed by atoms with Gasteiger partial charge in [0.25, 0.3) is 0 Å². The number of ketones is 1. The fourth-order valence-corrected chi connectivity index (χ4v) is 3.85. The minimum atomic E-state index is -0.709. The van der Waals surface area contributed by atoms with E-state index in [4.69, 9.17) is 0 Å². The minimum absolute atomic E-state index is 0.00291. The van der Waals surface area contributed by atoms with Gasteiger partial charge in [-0.05, 0) is 57.2 Å². The molecule has 1 aliphatic rings. The van der Waals surface area contributed by atoms with Crippen LogP contribution in [0.3, 0.4) is 0 Å². The molecule has 1 saturated carbocycles. The number of aliphatic hydroxyl groups is 1. The molecule has 2 N–H and O–H groups in total. The highest BCUT2D eigenvalue weighted by Crippen LogP contribution is 2.40. The van der Waals surface area contributed by atoms with E-state index in [1.807, 2.05) is 46.8 Å². The van der Waals surface area contributed by atoms with Gasteiger partial charge < -0.3 is 10.4 Å². The Labute approximate surface area is 144 Å². The maximum absolute atomic E-state index is 12.9. The van der Waals surface area contributed by atoms with Crippen LogP contribution in [0, 0.1) is 26.7 Å². The van der Waals surface area contributed by atoms with Crippen LogP contribution in [0.4, 0.5) is 0 Å². The number of hydrogen-bond acceptors (Lipinski definition) is 3. The number of carbonyl (C=O) groups is 2. The maximum Gasteiger partial charge on any atom is 0.220 e. The van der Waals surface area contributed by atoms with Gasteiger partial charge >= 0.3 is 0 Å². The van der Waals surface area contributed by atoms with Gasteiger partial charge in [-0.1, -0.05) is 24.6 Å². The highest BCUT2D eigenvalue weighted by Gasteiger charge is 2.43. The second-order valence-corrected chi connectivity index (χ2v) is 7.27. The van der Waals surface area contributed by atoms with Crippen LogP contribution in [0.2, 0.25) is 0 Å². The Kier molecular flexibility index (Phi) is 5.81. The van der Waals surface area contributed by atoms with Gasteiger partial charge in [-0.2, -0.15) is 0 Å². The predicted octanol–water partition coefficient (Wildman–Crippen LogP) is 2.95. The number of carbonyl (C=O) groups excluding carboxylic acids is 2. The number of rotatable bonds is 5. The van der Waals surface area contributed by atoms with Crippen molar-refractivity contribution in [2.75, 3.05) is 0 Å². The summed E-state index contributed by atoms with van der Waals surface area (Å²) in [6.07, 6.45) is 0.682. The summed E-state index contributed by atoms with van der Waals surface area (Å²) in [5, 5.41) is 13.4. The number of benzene rings is 1. The summed E-state index contributed by atoms with van der Waals surface area (Å²) in [5.41, 5.74) is 4.16. The fourth-order valence-electron chi connectivity index (χ4n) is 3.85. The maximum atomic E-state index is 12.9. The molecule has 0 aliphatic heterocycles. The molecule has 1 aliphatic carbocycles. The van der Waals surface area contributed by atoms with Crippen LogP contribution in [0.25, 0.3) is 0 Å². The van der Waals surface area contributed by atoms with Gasteiger partial charge in [0.05, 0.1) is 12.0 Å². The molecule has 4 nitrogen and oxygen atoms in total. The number of hydrogen-bond donors (Lipinski definition) is 2. The molecular formula is C20H29NO3. The largest absolute Gasteiger partial charge is 0.392 e. The van der Waals surface area contributed by atoms with Crippen LogP contribution in [0.5, 0.6) is 0 Å². The van der Waals surface area contributed by atoms with Crippen LogP contribution in [-0.2, 0) is 9.59 Å². The van der Waals surface area contributed by atoms with Gasteiger partial charge in [-0.25, -0.2) is 0 Å². The molecule has 2 rings (SSSR count). The number of amides is 1. The molecule has 0 bridgehead atoms. The normalized spacial score (nSPS) is 24.9. The van der Waals surface area contributed by atoms with E-state index < -0.39 is 17.9 Å². The van der Waals surface area contributed by atoms with E-state index in [2.05, 4.69) is 5.32 Å². The average molecular weight is 331 g/mol. The summed E-state index contributed by atoms with van der Waals surface area (Å²) in [4.78, 5) is 25.0. The molecule has 0 spiro atoms. The Morgan fingerprint density at radius 3 is 2.42 bits per heavy atom. The van der Waals surface area contributed by atoms with Crippen molar-refractivity contribution in [3.63, 3.8) is 0 Å². The highest BCUT2D eigenvalue weighted by molar-refractivity contribution is 5.94. The van der Waals surface area contributed by atoms with Gasteiger partial charge in [0.15, 0.2) is 0 Å². The summed E-state index contributed by atoms with van der Waals surface area (Å²) in [6.45, 7) is 9.95. The van der Waals surface area contributed by atoms with Crippen LogP contribution in [0.1, 0.15) is 61.3 Å². The van der Waals surface area contributed by atoms with Crippen molar-refractivity contribution in [2.45, 2.75) is 71.9 Å². The van der Waals surface area contributed by atoms with E-state index in [1.54, 1.807) is 0 Å². The predicted molar refractivity (Wildman–Crippen MR) is 95.0 cm³/mol.